The van der Waals surface area contributed by atoms with Crippen molar-refractivity contribution < 1.29 is 13.9 Å². The molecule has 32 heavy (non-hydrogen) atoms. The summed E-state index contributed by atoms with van der Waals surface area (Å²) in [6.07, 6.45) is 3.24. The molecule has 1 N–H and O–H groups in total. The van der Waals surface area contributed by atoms with Crippen molar-refractivity contribution in [2.45, 2.75) is 20.1 Å². The summed E-state index contributed by atoms with van der Waals surface area (Å²) >= 11 is 13.6. The first-order valence-corrected chi connectivity index (χ1v) is 11.2. The van der Waals surface area contributed by atoms with Crippen LogP contribution in [0.1, 0.15) is 26.4 Å². The number of carbonyl (C=O) groups is 1. The van der Waals surface area contributed by atoms with Crippen molar-refractivity contribution in [1.82, 2.24) is 9.78 Å². The molecule has 0 radical (unpaired) electrons. The lowest BCUT2D eigenvalue weighted by molar-refractivity contribution is 0.103. The summed E-state index contributed by atoms with van der Waals surface area (Å²) in [7, 11) is 0. The van der Waals surface area contributed by atoms with Gasteiger partial charge in [-0.1, -0.05) is 35.3 Å². The van der Waals surface area contributed by atoms with E-state index >= 15 is 0 Å². The van der Waals surface area contributed by atoms with Gasteiger partial charge in [0.15, 0.2) is 0 Å². The van der Waals surface area contributed by atoms with E-state index in [-0.39, 0.29) is 5.91 Å². The molecule has 4 aromatic rings. The van der Waals surface area contributed by atoms with Crippen LogP contribution >= 0.6 is 34.5 Å². The fraction of sp³-hybridized carbons (Fsp3) is 0.130. The van der Waals surface area contributed by atoms with Crippen molar-refractivity contribution in [2.24, 2.45) is 0 Å². The Morgan fingerprint density at radius 3 is 2.84 bits per heavy atom. The number of nitrogens with one attached hydrogen (secondary N) is 1. The summed E-state index contributed by atoms with van der Waals surface area (Å²) in [5.41, 5.74) is 3.20. The molecule has 2 heterocycles. The summed E-state index contributed by atoms with van der Waals surface area (Å²) in [4.78, 5) is 13.1. The van der Waals surface area contributed by atoms with Gasteiger partial charge in [-0.25, -0.2) is 4.39 Å². The summed E-state index contributed by atoms with van der Waals surface area (Å²) in [5.74, 6) is -0.0263. The van der Waals surface area contributed by atoms with E-state index in [9.17, 15) is 9.18 Å². The molecule has 0 bridgehead atoms. The number of nitrogens with zero attached hydrogens (tertiary/aromatic N) is 2. The second-order valence-corrected chi connectivity index (χ2v) is 8.88. The van der Waals surface area contributed by atoms with Crippen LogP contribution in [0.15, 0.2) is 60.2 Å². The number of aromatic nitrogens is 2. The molecule has 0 fully saturated rings. The van der Waals surface area contributed by atoms with Crippen LogP contribution < -0.4 is 10.1 Å². The third-order valence-electron chi connectivity index (χ3n) is 4.60. The number of benzene rings is 2. The molecule has 0 saturated heterocycles. The number of thiophene rings is 1. The minimum Gasteiger partial charge on any atom is -0.487 e. The summed E-state index contributed by atoms with van der Waals surface area (Å²) in [6.45, 7) is 2.63. The second kappa shape index (κ2) is 9.73. The van der Waals surface area contributed by atoms with E-state index in [0.717, 1.165) is 16.7 Å². The van der Waals surface area contributed by atoms with Gasteiger partial charge in [-0.05, 0) is 53.8 Å². The molecule has 164 valence electrons. The van der Waals surface area contributed by atoms with Crippen LogP contribution in [0.2, 0.25) is 10.0 Å². The summed E-state index contributed by atoms with van der Waals surface area (Å²) in [6, 6.07) is 11.6. The lowest BCUT2D eigenvalue weighted by atomic mass is 10.2. The summed E-state index contributed by atoms with van der Waals surface area (Å²) in [5, 5.41) is 9.79. The van der Waals surface area contributed by atoms with Gasteiger partial charge in [-0.2, -0.15) is 5.10 Å². The predicted molar refractivity (Wildman–Crippen MR) is 126 cm³/mol. The van der Waals surface area contributed by atoms with Crippen molar-refractivity contribution in [2.75, 3.05) is 5.32 Å². The van der Waals surface area contributed by atoms with Crippen LogP contribution in [0.5, 0.6) is 5.75 Å². The lowest BCUT2D eigenvalue weighted by Gasteiger charge is -2.07. The van der Waals surface area contributed by atoms with Gasteiger partial charge < -0.3 is 10.1 Å². The minimum atomic E-state index is -0.394. The van der Waals surface area contributed by atoms with E-state index in [4.69, 9.17) is 27.9 Å². The monoisotopic (exact) mass is 489 g/mol. The molecule has 0 atom stereocenters. The van der Waals surface area contributed by atoms with Gasteiger partial charge in [0.1, 0.15) is 18.2 Å². The fourth-order valence-corrected chi connectivity index (χ4v) is 4.18. The normalized spacial score (nSPS) is 10.9. The number of amides is 1. The molecular weight excluding hydrogens is 472 g/mol. The molecule has 2 aromatic heterocycles. The Hall–Kier alpha value is -2.87. The van der Waals surface area contributed by atoms with Crippen molar-refractivity contribution in [1.29, 1.82) is 0 Å². The number of ether oxygens (including phenoxy) is 1. The number of halogens is 3. The number of rotatable bonds is 7. The van der Waals surface area contributed by atoms with Crippen LogP contribution in [0.25, 0.3) is 0 Å². The largest absolute Gasteiger partial charge is 0.487 e. The Bertz CT molecular complexity index is 1270. The van der Waals surface area contributed by atoms with E-state index in [1.807, 2.05) is 24.4 Å². The predicted octanol–water partition coefficient (Wildman–Crippen LogP) is 6.58. The Morgan fingerprint density at radius 1 is 1.19 bits per heavy atom. The molecule has 0 spiro atoms. The zero-order valence-corrected chi connectivity index (χ0v) is 19.3. The van der Waals surface area contributed by atoms with E-state index in [0.29, 0.717) is 39.5 Å². The SMILES string of the molecule is Cc1ccc(Cl)c(OCc2csc(C(=O)Nc3cnn(Cc4ccc(F)cc4Cl)c3)c2)c1. The molecule has 0 aliphatic rings. The van der Waals surface area contributed by atoms with Crippen molar-refractivity contribution in [3.63, 3.8) is 0 Å². The van der Waals surface area contributed by atoms with Crippen molar-refractivity contribution in [3.8, 4) is 5.75 Å². The topological polar surface area (TPSA) is 56.1 Å². The fourth-order valence-electron chi connectivity index (χ4n) is 2.98. The maximum atomic E-state index is 13.2. The molecular formula is C23H18Cl2FN3O2S. The molecule has 9 heteroatoms. The van der Waals surface area contributed by atoms with Gasteiger partial charge >= 0.3 is 0 Å². The van der Waals surface area contributed by atoms with E-state index in [1.54, 1.807) is 35.3 Å². The summed E-state index contributed by atoms with van der Waals surface area (Å²) < 4.78 is 20.6. The number of hydrogen-bond acceptors (Lipinski definition) is 4. The van der Waals surface area contributed by atoms with Gasteiger partial charge in [0, 0.05) is 16.8 Å². The molecule has 2 aromatic carbocycles. The van der Waals surface area contributed by atoms with Crippen LogP contribution in [0.3, 0.4) is 0 Å². The highest BCUT2D eigenvalue weighted by Crippen LogP contribution is 2.27. The maximum Gasteiger partial charge on any atom is 0.265 e. The number of anilines is 1. The first-order chi connectivity index (χ1) is 15.4. The second-order valence-electron chi connectivity index (χ2n) is 7.16. The van der Waals surface area contributed by atoms with Gasteiger partial charge in [-0.15, -0.1) is 11.3 Å². The van der Waals surface area contributed by atoms with E-state index < -0.39 is 5.82 Å². The zero-order valence-electron chi connectivity index (χ0n) is 16.9. The third kappa shape index (κ3) is 5.48. The first kappa shape index (κ1) is 22.3. The zero-order chi connectivity index (χ0) is 22.7. The molecule has 0 aliphatic carbocycles. The number of carbonyl (C=O) groups excluding carboxylic acids is 1. The van der Waals surface area contributed by atoms with Gasteiger partial charge in [-0.3, -0.25) is 9.48 Å². The molecule has 5 nitrogen and oxygen atoms in total. The van der Waals surface area contributed by atoms with Gasteiger partial charge in [0.25, 0.3) is 5.91 Å². The minimum absolute atomic E-state index is 0.241. The highest BCUT2D eigenvalue weighted by atomic mass is 35.5. The van der Waals surface area contributed by atoms with Crippen molar-refractivity contribution in [3.05, 3.63) is 97.7 Å². The Morgan fingerprint density at radius 2 is 2.03 bits per heavy atom. The van der Waals surface area contributed by atoms with Crippen LogP contribution in [-0.4, -0.2) is 15.7 Å². The van der Waals surface area contributed by atoms with E-state index in [2.05, 4.69) is 10.4 Å². The Labute approximate surface area is 198 Å². The average Bonchev–Trinajstić information content (AvgIpc) is 3.40. The maximum absolute atomic E-state index is 13.2. The standard InChI is InChI=1S/C23H18Cl2FN3O2S/c1-14-2-5-19(24)21(6-14)31-12-15-7-22(32-13-15)23(30)28-18-9-27-29(11-18)10-16-3-4-17(26)8-20(16)25/h2-9,11,13H,10,12H2,1H3,(H,28,30). The van der Waals surface area contributed by atoms with Crippen LogP contribution in [-0.2, 0) is 13.2 Å². The smallest absolute Gasteiger partial charge is 0.265 e. The van der Waals surface area contributed by atoms with E-state index in [1.165, 1.54) is 23.5 Å². The number of hydrogen-bond donors (Lipinski definition) is 1. The average molecular weight is 490 g/mol. The quantitative estimate of drug-likeness (QED) is 0.319. The molecule has 0 aliphatic heterocycles. The van der Waals surface area contributed by atoms with Crippen LogP contribution in [0, 0.1) is 12.7 Å². The van der Waals surface area contributed by atoms with Crippen molar-refractivity contribution >= 4 is 46.1 Å². The van der Waals surface area contributed by atoms with Crippen LogP contribution in [0.4, 0.5) is 10.1 Å². The highest BCUT2D eigenvalue weighted by Gasteiger charge is 2.12. The van der Waals surface area contributed by atoms with Gasteiger partial charge in [0.2, 0.25) is 0 Å². The Kier molecular flexibility index (Phi) is 6.79. The number of aryl methyl sites for hydroxylation is 1. The Balaban J connectivity index is 1.35. The lowest BCUT2D eigenvalue weighted by Crippen LogP contribution is -2.09. The molecule has 1 amide bonds. The molecule has 4 rings (SSSR count). The molecule has 0 unspecified atom stereocenters. The highest BCUT2D eigenvalue weighted by molar-refractivity contribution is 7.12. The third-order valence-corrected chi connectivity index (χ3v) is 6.24. The first-order valence-electron chi connectivity index (χ1n) is 9.61. The molecule has 0 saturated carbocycles. The van der Waals surface area contributed by atoms with Gasteiger partial charge in [0.05, 0.1) is 28.3 Å².